The molecule has 0 saturated carbocycles. The number of carbonyl (C=O) groups is 3. The fraction of sp³-hybridized carbons (Fsp3) is 0.627. The molecule has 0 spiro atoms. The van der Waals surface area contributed by atoms with Gasteiger partial charge in [0.15, 0.2) is 6.10 Å². The van der Waals surface area contributed by atoms with E-state index in [2.05, 4.69) is 142 Å². The first-order valence-corrected chi connectivity index (χ1v) is 29.7. The van der Waals surface area contributed by atoms with E-state index in [1.165, 1.54) is 103 Å². The van der Waals surface area contributed by atoms with Crippen LogP contribution in [0.15, 0.2) is 134 Å². The molecule has 0 aromatic carbocycles. The highest BCUT2D eigenvalue weighted by Crippen LogP contribution is 2.14. The summed E-state index contributed by atoms with van der Waals surface area (Å²) in [5.41, 5.74) is 0. The van der Waals surface area contributed by atoms with Gasteiger partial charge in [-0.25, -0.2) is 0 Å². The molecule has 0 aliphatic heterocycles. The molecule has 0 bridgehead atoms. The maximum Gasteiger partial charge on any atom is 0.306 e. The Labute approximate surface area is 449 Å². The summed E-state index contributed by atoms with van der Waals surface area (Å²) in [7, 11) is 0. The van der Waals surface area contributed by atoms with Gasteiger partial charge in [-0.05, 0) is 122 Å². The average Bonchev–Trinajstić information content (AvgIpc) is 3.39. The van der Waals surface area contributed by atoms with E-state index in [1.807, 2.05) is 12.2 Å². The third kappa shape index (κ3) is 58.3. The van der Waals surface area contributed by atoms with Gasteiger partial charge in [0, 0.05) is 19.3 Å². The van der Waals surface area contributed by atoms with Crippen molar-refractivity contribution in [2.75, 3.05) is 13.2 Å². The van der Waals surface area contributed by atoms with Crippen LogP contribution in [0.1, 0.15) is 252 Å². The molecule has 0 amide bonds. The lowest BCUT2D eigenvalue weighted by Gasteiger charge is -2.18. The number of ether oxygens (including phenoxy) is 3. The molecule has 0 aromatic heterocycles. The van der Waals surface area contributed by atoms with Gasteiger partial charge < -0.3 is 14.2 Å². The molecular formula is C67H108O6. The van der Waals surface area contributed by atoms with Gasteiger partial charge in [0.05, 0.1) is 0 Å². The van der Waals surface area contributed by atoms with E-state index in [4.69, 9.17) is 14.2 Å². The van der Waals surface area contributed by atoms with Crippen molar-refractivity contribution in [1.82, 2.24) is 0 Å². The topological polar surface area (TPSA) is 78.9 Å². The summed E-state index contributed by atoms with van der Waals surface area (Å²) in [5.74, 6) is -1.06. The zero-order chi connectivity index (χ0) is 52.9. The van der Waals surface area contributed by atoms with Crippen molar-refractivity contribution in [2.45, 2.75) is 258 Å². The molecule has 1 atom stereocenters. The fourth-order valence-electron chi connectivity index (χ4n) is 7.75. The lowest BCUT2D eigenvalue weighted by Crippen LogP contribution is -2.30. The number of hydrogen-bond acceptors (Lipinski definition) is 6. The minimum atomic E-state index is -0.841. The predicted molar refractivity (Wildman–Crippen MR) is 316 cm³/mol. The van der Waals surface area contributed by atoms with Crippen LogP contribution in [0, 0.1) is 0 Å². The van der Waals surface area contributed by atoms with Gasteiger partial charge in [0.2, 0.25) is 0 Å². The molecule has 0 saturated heterocycles. The van der Waals surface area contributed by atoms with E-state index in [-0.39, 0.29) is 38.0 Å². The van der Waals surface area contributed by atoms with Crippen molar-refractivity contribution in [3.63, 3.8) is 0 Å². The van der Waals surface area contributed by atoms with Gasteiger partial charge >= 0.3 is 17.9 Å². The third-order valence-corrected chi connectivity index (χ3v) is 12.1. The highest BCUT2D eigenvalue weighted by Gasteiger charge is 2.19. The molecule has 0 aliphatic carbocycles. The van der Waals surface area contributed by atoms with Crippen LogP contribution in [-0.4, -0.2) is 37.2 Å². The van der Waals surface area contributed by atoms with Crippen LogP contribution in [-0.2, 0) is 28.6 Å². The Morgan fingerprint density at radius 1 is 0.288 bits per heavy atom. The Morgan fingerprint density at radius 2 is 0.562 bits per heavy atom. The first-order chi connectivity index (χ1) is 36.0. The number of unbranched alkanes of at least 4 members (excludes halogenated alkanes) is 19. The summed E-state index contributed by atoms with van der Waals surface area (Å²) >= 11 is 0. The van der Waals surface area contributed by atoms with Crippen LogP contribution in [0.25, 0.3) is 0 Å². The Hall–Kier alpha value is -4.45. The summed E-state index contributed by atoms with van der Waals surface area (Å²) < 4.78 is 16.8. The molecule has 0 aliphatic rings. The SMILES string of the molecule is CC/C=C\C/C=C\C/C=C\C/C=C\C/C=C\C/C=C\CCC(=O)O[C@H](COC(=O)CCCC/C=C\C/C=C\C/C=C\C/C=C\CC)COC(=O)CCCCCCCCCCCCC/C=C\CCCCCCCC. The second kappa shape index (κ2) is 60.1. The molecule has 0 unspecified atom stereocenters. The Bertz CT molecular complexity index is 1580. The van der Waals surface area contributed by atoms with E-state index in [9.17, 15) is 14.4 Å². The van der Waals surface area contributed by atoms with Crippen molar-refractivity contribution < 1.29 is 28.6 Å². The van der Waals surface area contributed by atoms with Crippen LogP contribution < -0.4 is 0 Å². The second-order valence-corrected chi connectivity index (χ2v) is 19.1. The van der Waals surface area contributed by atoms with Crippen LogP contribution in [0.3, 0.4) is 0 Å². The first kappa shape index (κ1) is 68.6. The standard InChI is InChI=1S/C67H108O6/c1-4-7-10-13-16-19-22-25-28-30-32-33-35-36-39-42-45-48-51-54-57-60-66(69)72-63-64(62-71-65(68)59-56-53-50-47-44-41-38-27-24-21-18-15-12-9-6-3)73-67(70)61-58-55-52-49-46-43-40-37-34-31-29-26-23-20-17-14-11-8-5-2/h8-9,11-12,17-18,20-21,25-29,34,37-38,43-44,46-47,52,55,64H,4-7,10,13-16,19,22-24,30-33,35-36,39-42,45,48-51,53-54,56-63H2,1-3H3/b11-8-,12-9-,20-17-,21-18-,28-25-,29-26-,37-34-,38-27-,46-43-,47-44-,55-52-/t64-/m1/s1. The van der Waals surface area contributed by atoms with Crippen molar-refractivity contribution in [3.8, 4) is 0 Å². The van der Waals surface area contributed by atoms with Crippen molar-refractivity contribution in [1.29, 1.82) is 0 Å². The largest absolute Gasteiger partial charge is 0.462 e. The summed E-state index contributed by atoms with van der Waals surface area (Å²) in [6.45, 7) is 6.31. The number of hydrogen-bond donors (Lipinski definition) is 0. The van der Waals surface area contributed by atoms with Crippen LogP contribution in [0.4, 0.5) is 0 Å². The normalized spacial score (nSPS) is 13.1. The lowest BCUT2D eigenvalue weighted by molar-refractivity contribution is -0.166. The lowest BCUT2D eigenvalue weighted by atomic mass is 10.0. The van der Waals surface area contributed by atoms with Gasteiger partial charge in [-0.2, -0.15) is 0 Å². The zero-order valence-corrected chi connectivity index (χ0v) is 47.1. The molecule has 0 heterocycles. The highest BCUT2D eigenvalue weighted by molar-refractivity contribution is 5.71. The fourth-order valence-corrected chi connectivity index (χ4v) is 7.75. The first-order valence-electron chi connectivity index (χ1n) is 29.7. The van der Waals surface area contributed by atoms with Gasteiger partial charge in [-0.15, -0.1) is 0 Å². The van der Waals surface area contributed by atoms with E-state index < -0.39 is 12.1 Å². The van der Waals surface area contributed by atoms with Crippen molar-refractivity contribution >= 4 is 17.9 Å². The van der Waals surface area contributed by atoms with Crippen LogP contribution in [0.2, 0.25) is 0 Å². The minimum absolute atomic E-state index is 0.125. The van der Waals surface area contributed by atoms with E-state index in [0.717, 1.165) is 96.3 Å². The molecule has 73 heavy (non-hydrogen) atoms. The predicted octanol–water partition coefficient (Wildman–Crippen LogP) is 20.2. The minimum Gasteiger partial charge on any atom is -0.462 e. The zero-order valence-electron chi connectivity index (χ0n) is 47.1. The van der Waals surface area contributed by atoms with Gasteiger partial charge in [-0.1, -0.05) is 244 Å². The van der Waals surface area contributed by atoms with E-state index >= 15 is 0 Å². The Kier molecular flexibility index (Phi) is 56.4. The maximum atomic E-state index is 12.8. The number of carbonyl (C=O) groups excluding carboxylic acids is 3. The molecule has 0 radical (unpaired) electrons. The molecule has 6 nitrogen and oxygen atoms in total. The van der Waals surface area contributed by atoms with Crippen molar-refractivity contribution in [2.24, 2.45) is 0 Å². The average molecular weight is 1010 g/mol. The Morgan fingerprint density at radius 3 is 0.932 bits per heavy atom. The van der Waals surface area contributed by atoms with Gasteiger partial charge in [-0.3, -0.25) is 14.4 Å². The molecular weight excluding hydrogens is 901 g/mol. The Balaban J connectivity index is 4.53. The summed E-state index contributed by atoms with van der Waals surface area (Å²) in [6, 6.07) is 0. The van der Waals surface area contributed by atoms with Gasteiger partial charge in [0.25, 0.3) is 0 Å². The van der Waals surface area contributed by atoms with E-state index in [1.54, 1.807) is 0 Å². The number of allylic oxidation sites excluding steroid dienone is 22. The molecule has 0 N–H and O–H groups in total. The summed E-state index contributed by atoms with van der Waals surface area (Å²) in [4.78, 5) is 38.2. The summed E-state index contributed by atoms with van der Waals surface area (Å²) in [6.07, 6.45) is 84.6. The quantitative estimate of drug-likeness (QED) is 0.0261. The second-order valence-electron chi connectivity index (χ2n) is 19.1. The monoisotopic (exact) mass is 1010 g/mol. The number of esters is 3. The van der Waals surface area contributed by atoms with E-state index in [0.29, 0.717) is 19.3 Å². The molecule has 0 fully saturated rings. The van der Waals surface area contributed by atoms with Gasteiger partial charge in [0.1, 0.15) is 13.2 Å². The number of rotatable bonds is 52. The molecule has 412 valence electrons. The van der Waals surface area contributed by atoms with Crippen molar-refractivity contribution in [3.05, 3.63) is 134 Å². The maximum absolute atomic E-state index is 12.8. The highest BCUT2D eigenvalue weighted by atomic mass is 16.6. The van der Waals surface area contributed by atoms with Crippen LogP contribution in [0.5, 0.6) is 0 Å². The molecule has 6 heteroatoms. The van der Waals surface area contributed by atoms with Crippen LogP contribution >= 0.6 is 0 Å². The summed E-state index contributed by atoms with van der Waals surface area (Å²) in [5, 5.41) is 0. The smallest absolute Gasteiger partial charge is 0.306 e. The molecule has 0 rings (SSSR count). The third-order valence-electron chi connectivity index (χ3n) is 12.1. The molecule has 0 aromatic rings.